The summed E-state index contributed by atoms with van der Waals surface area (Å²) < 4.78 is 7.78. The minimum absolute atomic E-state index is 0.228. The molecule has 1 amide bonds. The van der Waals surface area contributed by atoms with Gasteiger partial charge in [0.15, 0.2) is 0 Å². The molecule has 2 heterocycles. The second kappa shape index (κ2) is 9.49. The highest BCUT2D eigenvalue weighted by atomic mass is 16.5. The summed E-state index contributed by atoms with van der Waals surface area (Å²) in [5.41, 5.74) is 7.40. The third-order valence-corrected chi connectivity index (χ3v) is 5.96. The zero-order valence-electron chi connectivity index (χ0n) is 17.9. The van der Waals surface area contributed by atoms with Crippen LogP contribution in [0.15, 0.2) is 48.8 Å². The van der Waals surface area contributed by atoms with E-state index in [1.807, 2.05) is 43.7 Å². The van der Waals surface area contributed by atoms with Crippen LogP contribution in [0.3, 0.4) is 0 Å². The zero-order valence-corrected chi connectivity index (χ0v) is 17.9. The molecule has 7 nitrogen and oxygen atoms in total. The Morgan fingerprint density at radius 3 is 2.77 bits per heavy atom. The average molecular weight is 423 g/mol. The summed E-state index contributed by atoms with van der Waals surface area (Å²) in [7, 11) is 1.90. The number of nitrogens with two attached hydrogens (primary N) is 1. The topological polar surface area (TPSA) is 93.6 Å². The van der Waals surface area contributed by atoms with Crippen molar-refractivity contribution in [1.29, 1.82) is 0 Å². The molecule has 1 aliphatic rings. The number of aliphatic hydroxyl groups is 1. The highest BCUT2D eigenvalue weighted by Gasteiger charge is 2.22. The zero-order chi connectivity index (χ0) is 21.8. The Balaban J connectivity index is 1.38. The number of ether oxygens (including phenoxy) is 1. The summed E-state index contributed by atoms with van der Waals surface area (Å²) in [6, 6.07) is 12.2. The second-order valence-corrected chi connectivity index (χ2v) is 8.47. The highest BCUT2D eigenvalue weighted by Crippen LogP contribution is 2.33. The number of β-amino-alcohol motifs (C(OH)–C–C–N with tert-alkyl or cyclic N) is 1. The SMILES string of the molecule is Cn1cc(-c2cc(OCC(O)CN3CCC(CC(N)=O)CC3)cc3ccccc23)cn1. The largest absolute Gasteiger partial charge is 0.491 e. The molecule has 0 bridgehead atoms. The van der Waals surface area contributed by atoms with Crippen LogP contribution in [0.4, 0.5) is 0 Å². The molecule has 1 atom stereocenters. The number of carbonyl (C=O) groups is 1. The van der Waals surface area contributed by atoms with Crippen LogP contribution in [-0.2, 0) is 11.8 Å². The summed E-state index contributed by atoms with van der Waals surface area (Å²) in [4.78, 5) is 13.3. The number of amides is 1. The first-order chi connectivity index (χ1) is 15.0. The number of benzene rings is 2. The maximum atomic E-state index is 11.1. The van der Waals surface area contributed by atoms with Gasteiger partial charge in [-0.05, 0) is 60.3 Å². The molecule has 0 radical (unpaired) electrons. The molecular formula is C24H30N4O3. The van der Waals surface area contributed by atoms with E-state index in [0.29, 0.717) is 18.9 Å². The molecule has 1 fully saturated rings. The van der Waals surface area contributed by atoms with Crippen LogP contribution in [0.5, 0.6) is 5.75 Å². The maximum absolute atomic E-state index is 11.1. The van der Waals surface area contributed by atoms with Crippen LogP contribution in [0.2, 0.25) is 0 Å². The van der Waals surface area contributed by atoms with Crippen molar-refractivity contribution in [3.05, 3.63) is 48.8 Å². The third-order valence-electron chi connectivity index (χ3n) is 5.96. The van der Waals surface area contributed by atoms with Gasteiger partial charge < -0.3 is 20.5 Å². The first-order valence-electron chi connectivity index (χ1n) is 10.8. The van der Waals surface area contributed by atoms with Crippen molar-refractivity contribution in [3.8, 4) is 16.9 Å². The van der Waals surface area contributed by atoms with Crippen molar-refractivity contribution in [2.24, 2.45) is 18.7 Å². The van der Waals surface area contributed by atoms with Gasteiger partial charge >= 0.3 is 0 Å². The number of carbonyl (C=O) groups excluding carboxylic acids is 1. The summed E-state index contributed by atoms with van der Waals surface area (Å²) in [6.45, 7) is 2.53. The van der Waals surface area contributed by atoms with E-state index < -0.39 is 6.10 Å². The maximum Gasteiger partial charge on any atom is 0.217 e. The molecule has 0 spiro atoms. The molecule has 1 saturated heterocycles. The monoisotopic (exact) mass is 422 g/mol. The quantitative estimate of drug-likeness (QED) is 0.582. The lowest BCUT2D eigenvalue weighted by molar-refractivity contribution is -0.119. The van der Waals surface area contributed by atoms with Crippen LogP contribution in [0, 0.1) is 5.92 Å². The van der Waals surface area contributed by atoms with E-state index in [1.54, 1.807) is 4.68 Å². The van der Waals surface area contributed by atoms with E-state index in [0.717, 1.165) is 53.6 Å². The minimum Gasteiger partial charge on any atom is -0.491 e. The molecule has 164 valence electrons. The van der Waals surface area contributed by atoms with Gasteiger partial charge in [-0.1, -0.05) is 24.3 Å². The number of aryl methyl sites for hydroxylation is 1. The Labute approximate surface area is 182 Å². The predicted molar refractivity (Wildman–Crippen MR) is 121 cm³/mol. The van der Waals surface area contributed by atoms with E-state index in [4.69, 9.17) is 10.5 Å². The van der Waals surface area contributed by atoms with E-state index in [2.05, 4.69) is 22.1 Å². The molecule has 31 heavy (non-hydrogen) atoms. The van der Waals surface area contributed by atoms with Crippen LogP contribution < -0.4 is 10.5 Å². The molecule has 1 unspecified atom stereocenters. The number of primary amides is 1. The van der Waals surface area contributed by atoms with Crippen molar-refractivity contribution >= 4 is 16.7 Å². The first kappa shape index (κ1) is 21.3. The number of piperidine rings is 1. The van der Waals surface area contributed by atoms with Crippen molar-refractivity contribution in [3.63, 3.8) is 0 Å². The fourth-order valence-electron chi connectivity index (χ4n) is 4.37. The van der Waals surface area contributed by atoms with Gasteiger partial charge in [0.25, 0.3) is 0 Å². The lowest BCUT2D eigenvalue weighted by Gasteiger charge is -2.32. The summed E-state index contributed by atoms with van der Waals surface area (Å²) >= 11 is 0. The van der Waals surface area contributed by atoms with Gasteiger partial charge in [0.05, 0.1) is 6.20 Å². The van der Waals surface area contributed by atoms with Crippen molar-refractivity contribution in [2.45, 2.75) is 25.4 Å². The molecule has 1 aromatic heterocycles. The van der Waals surface area contributed by atoms with Crippen molar-refractivity contribution in [1.82, 2.24) is 14.7 Å². The number of aliphatic hydroxyl groups excluding tert-OH is 1. The third kappa shape index (κ3) is 5.42. The highest BCUT2D eigenvalue weighted by molar-refractivity contribution is 5.97. The molecule has 1 aliphatic heterocycles. The molecule has 2 aromatic carbocycles. The van der Waals surface area contributed by atoms with Crippen LogP contribution >= 0.6 is 0 Å². The van der Waals surface area contributed by atoms with E-state index in [-0.39, 0.29) is 12.5 Å². The van der Waals surface area contributed by atoms with Crippen molar-refractivity contribution in [2.75, 3.05) is 26.2 Å². The molecule has 0 saturated carbocycles. The lowest BCUT2D eigenvalue weighted by atomic mass is 9.93. The number of hydrogen-bond acceptors (Lipinski definition) is 5. The Morgan fingerprint density at radius 2 is 2.06 bits per heavy atom. The molecule has 3 N–H and O–H groups in total. The van der Waals surface area contributed by atoms with Gasteiger partial charge in [-0.25, -0.2) is 0 Å². The number of hydrogen-bond donors (Lipinski definition) is 2. The molecular weight excluding hydrogens is 392 g/mol. The van der Waals surface area contributed by atoms with E-state index in [1.165, 1.54) is 0 Å². The van der Waals surface area contributed by atoms with Crippen LogP contribution in [-0.4, -0.2) is 58.0 Å². The standard InChI is InChI=1S/C24H30N4O3/c1-27-14-19(13-26-27)23-12-21(11-18-4-2-3-5-22(18)23)31-16-20(29)15-28-8-6-17(7-9-28)10-24(25)30/h2-5,11-14,17,20,29H,6-10,15-16H2,1H3,(H2,25,30). The van der Waals surface area contributed by atoms with Gasteiger partial charge in [-0.2, -0.15) is 5.10 Å². The van der Waals surface area contributed by atoms with Gasteiger partial charge in [0.2, 0.25) is 5.91 Å². The summed E-state index contributed by atoms with van der Waals surface area (Å²) in [6.07, 6.45) is 5.59. The van der Waals surface area contributed by atoms with Crippen LogP contribution in [0.25, 0.3) is 21.9 Å². The number of likely N-dealkylation sites (tertiary alicyclic amines) is 1. The van der Waals surface area contributed by atoms with Gasteiger partial charge in [0, 0.05) is 31.8 Å². The fourth-order valence-corrected chi connectivity index (χ4v) is 4.37. The average Bonchev–Trinajstić information content (AvgIpc) is 3.19. The van der Waals surface area contributed by atoms with Crippen molar-refractivity contribution < 1.29 is 14.6 Å². The number of rotatable bonds is 8. The Hall–Kier alpha value is -2.90. The minimum atomic E-state index is -0.582. The van der Waals surface area contributed by atoms with E-state index in [9.17, 15) is 9.90 Å². The smallest absolute Gasteiger partial charge is 0.217 e. The van der Waals surface area contributed by atoms with Crippen LogP contribution in [0.1, 0.15) is 19.3 Å². The Morgan fingerprint density at radius 1 is 1.29 bits per heavy atom. The molecule has 4 rings (SSSR count). The molecule has 0 aliphatic carbocycles. The Bertz CT molecular complexity index is 1040. The van der Waals surface area contributed by atoms with Gasteiger partial charge in [-0.15, -0.1) is 0 Å². The predicted octanol–water partition coefficient (Wildman–Crippen LogP) is 2.57. The second-order valence-electron chi connectivity index (χ2n) is 8.47. The summed E-state index contributed by atoms with van der Waals surface area (Å²) in [5.74, 6) is 0.871. The lowest BCUT2D eigenvalue weighted by Crippen LogP contribution is -2.41. The number of nitrogens with zero attached hydrogens (tertiary/aromatic N) is 3. The summed E-state index contributed by atoms with van der Waals surface area (Å²) in [5, 5.41) is 17.0. The molecule has 3 aromatic rings. The van der Waals surface area contributed by atoms with Gasteiger partial charge in [0.1, 0.15) is 18.5 Å². The Kier molecular flexibility index (Phi) is 6.53. The number of aromatic nitrogens is 2. The first-order valence-corrected chi connectivity index (χ1v) is 10.8. The molecule has 7 heteroatoms. The van der Waals surface area contributed by atoms with E-state index >= 15 is 0 Å². The normalized spacial score (nSPS) is 16.5. The van der Waals surface area contributed by atoms with Gasteiger partial charge in [-0.3, -0.25) is 9.48 Å². The fraction of sp³-hybridized carbons (Fsp3) is 0.417. The number of fused-ring (bicyclic) bond motifs is 1.